The summed E-state index contributed by atoms with van der Waals surface area (Å²) in [5, 5.41) is 6.81. The molecule has 0 aromatic rings. The van der Waals surface area contributed by atoms with E-state index < -0.39 is 0 Å². The molecule has 0 aromatic carbocycles. The average Bonchev–Trinajstić information content (AvgIpc) is 3.12. The normalized spacial score (nSPS) is 31.6. The monoisotopic (exact) mass is 725 g/mol. The number of hydrogen-bond acceptors (Lipinski definition) is 6. The van der Waals surface area contributed by atoms with E-state index in [1.54, 1.807) is 5.57 Å². The van der Waals surface area contributed by atoms with E-state index in [0.717, 1.165) is 43.7 Å². The van der Waals surface area contributed by atoms with Crippen LogP contribution >= 0.6 is 35.1 Å². The molecule has 2 heterocycles. The minimum Gasteiger partial charge on any atom is -0.412 e. The van der Waals surface area contributed by atoms with Crippen LogP contribution in [-0.4, -0.2) is 111 Å². The number of halogens is 2. The highest BCUT2D eigenvalue weighted by atomic mass is 35.5. The molecule has 0 aromatic heterocycles. The van der Waals surface area contributed by atoms with Crippen LogP contribution in [0.3, 0.4) is 0 Å². The summed E-state index contributed by atoms with van der Waals surface area (Å²) in [5.74, 6) is 2.93. The van der Waals surface area contributed by atoms with Crippen LogP contribution in [0.4, 0.5) is 0 Å². The lowest BCUT2D eigenvalue weighted by Crippen LogP contribution is -2.52. The molecule has 2 aliphatic heterocycles. The van der Waals surface area contributed by atoms with E-state index >= 15 is 0 Å². The molecule has 8 atom stereocenters. The maximum absolute atomic E-state index is 6.58. The second kappa shape index (κ2) is 24.4. The molecule has 0 radical (unpaired) electrons. The van der Waals surface area contributed by atoms with Gasteiger partial charge in [-0.1, -0.05) is 65.1 Å². The summed E-state index contributed by atoms with van der Waals surface area (Å²) in [6, 6.07) is 0.955. The lowest BCUT2D eigenvalue weighted by atomic mass is 9.68. The van der Waals surface area contributed by atoms with Gasteiger partial charge in [0.1, 0.15) is 5.50 Å². The SMILES string of the molecule is C.CC1NN(C)C(Cl)C1SNCC1CCCC(CN[C@@H](CN2CC[C@H](C3=CCC(Cl)CC3)C(C)(C)C2)C(C)C)C1.O.O.O.O.O.O. The van der Waals surface area contributed by atoms with E-state index in [1.807, 2.05) is 24.0 Å². The lowest BCUT2D eigenvalue weighted by molar-refractivity contribution is 0.0590. The summed E-state index contributed by atoms with van der Waals surface area (Å²) in [4.78, 5) is 2.76. The minimum atomic E-state index is 0. The third kappa shape index (κ3) is 14.6. The quantitative estimate of drug-likeness (QED) is 0.125. The predicted octanol–water partition coefficient (Wildman–Crippen LogP) is 2.17. The zero-order chi connectivity index (χ0) is 28.2. The van der Waals surface area contributed by atoms with Crippen LogP contribution in [0.15, 0.2) is 11.6 Å². The fourth-order valence-electron chi connectivity index (χ4n) is 7.68. The van der Waals surface area contributed by atoms with Gasteiger partial charge in [-0.25, -0.2) is 10.4 Å². The highest BCUT2D eigenvalue weighted by Crippen LogP contribution is 2.43. The zero-order valence-electron chi connectivity index (χ0n) is 28.5. The molecule has 2 aliphatic carbocycles. The van der Waals surface area contributed by atoms with Crippen molar-refractivity contribution in [2.45, 2.75) is 122 Å². The molecular weight excluding hydrogens is 653 g/mol. The molecule has 6 unspecified atom stereocenters. The van der Waals surface area contributed by atoms with Crippen molar-refractivity contribution in [1.82, 2.24) is 25.4 Å². The van der Waals surface area contributed by atoms with Crippen molar-refractivity contribution in [3.05, 3.63) is 11.6 Å². The Labute approximate surface area is 294 Å². The van der Waals surface area contributed by atoms with E-state index in [2.05, 4.69) is 61.1 Å². The number of alkyl halides is 2. The van der Waals surface area contributed by atoms with Crippen molar-refractivity contribution in [2.75, 3.05) is 39.8 Å². The Morgan fingerprint density at radius 2 is 1.63 bits per heavy atom. The Bertz CT molecular complexity index is 821. The molecule has 46 heavy (non-hydrogen) atoms. The van der Waals surface area contributed by atoms with Gasteiger partial charge in [-0.05, 0) is 94.0 Å². The number of hydrazine groups is 1. The van der Waals surface area contributed by atoms with Crippen molar-refractivity contribution in [3.63, 3.8) is 0 Å². The molecule has 2 saturated heterocycles. The maximum Gasteiger partial charge on any atom is 0.112 e. The number of nitrogens with zero attached hydrogens (tertiary/aromatic N) is 2. The first kappa shape index (κ1) is 53.0. The smallest absolute Gasteiger partial charge is 0.112 e. The molecular formula is C32H73Cl2N5O6S. The van der Waals surface area contributed by atoms with Crippen LogP contribution in [0.2, 0.25) is 0 Å². The number of hydrogen-bond donors (Lipinski definition) is 3. The lowest BCUT2D eigenvalue weighted by Gasteiger charge is -2.47. The van der Waals surface area contributed by atoms with Crippen molar-refractivity contribution in [3.8, 4) is 0 Å². The molecule has 11 nitrogen and oxygen atoms in total. The third-order valence-corrected chi connectivity index (χ3v) is 12.5. The topological polar surface area (TPSA) is 232 Å². The Kier molecular flexibility index (Phi) is 28.1. The average molecular weight is 727 g/mol. The predicted molar refractivity (Wildman–Crippen MR) is 200 cm³/mol. The van der Waals surface area contributed by atoms with Gasteiger partial charge >= 0.3 is 0 Å². The van der Waals surface area contributed by atoms with Crippen LogP contribution < -0.4 is 15.5 Å². The van der Waals surface area contributed by atoms with Crippen LogP contribution in [0, 0.1) is 29.1 Å². The number of rotatable bonds is 11. The van der Waals surface area contributed by atoms with Crippen molar-refractivity contribution in [2.24, 2.45) is 29.1 Å². The van der Waals surface area contributed by atoms with Gasteiger partial charge in [-0.2, -0.15) is 0 Å². The number of nitrogens with one attached hydrogen (secondary N) is 3. The van der Waals surface area contributed by atoms with Crippen molar-refractivity contribution >= 4 is 35.1 Å². The second-order valence-corrected chi connectivity index (χ2v) is 16.3. The molecule has 3 fully saturated rings. The Hall–Kier alpha value is 0.230. The van der Waals surface area contributed by atoms with Crippen LogP contribution in [0.5, 0.6) is 0 Å². The van der Waals surface area contributed by atoms with Crippen LogP contribution in [-0.2, 0) is 0 Å². The van der Waals surface area contributed by atoms with Gasteiger partial charge < -0.3 is 43.1 Å². The summed E-state index contributed by atoms with van der Waals surface area (Å²) < 4.78 is 3.70. The number of likely N-dealkylation sites (tertiary alicyclic amines) is 1. The minimum absolute atomic E-state index is 0. The summed E-state index contributed by atoms with van der Waals surface area (Å²) in [5.41, 5.74) is 5.48. The van der Waals surface area contributed by atoms with Gasteiger partial charge in [0.15, 0.2) is 0 Å². The highest BCUT2D eigenvalue weighted by Gasteiger charge is 2.39. The number of piperidine rings is 1. The summed E-state index contributed by atoms with van der Waals surface area (Å²) >= 11 is 14.8. The highest BCUT2D eigenvalue weighted by molar-refractivity contribution is 7.98. The second-order valence-electron chi connectivity index (χ2n) is 14.2. The Morgan fingerprint density at radius 3 is 2.15 bits per heavy atom. The van der Waals surface area contributed by atoms with Crippen LogP contribution in [0.1, 0.15) is 93.4 Å². The molecule has 0 bridgehead atoms. The van der Waals surface area contributed by atoms with Crippen molar-refractivity contribution < 1.29 is 32.9 Å². The molecule has 4 aliphatic rings. The third-order valence-electron chi connectivity index (χ3n) is 10.1. The fourth-order valence-corrected chi connectivity index (χ4v) is 9.39. The van der Waals surface area contributed by atoms with Gasteiger partial charge in [-0.15, -0.1) is 23.2 Å². The molecule has 4 rings (SSSR count). The van der Waals surface area contributed by atoms with E-state index in [0.29, 0.717) is 34.0 Å². The first-order chi connectivity index (χ1) is 18.5. The van der Waals surface area contributed by atoms with Crippen LogP contribution in [0.25, 0.3) is 0 Å². The number of allylic oxidation sites excluding steroid dienone is 2. The molecule has 0 amide bonds. The summed E-state index contributed by atoms with van der Waals surface area (Å²) in [6.45, 7) is 17.9. The van der Waals surface area contributed by atoms with E-state index in [-0.39, 0.29) is 45.8 Å². The van der Waals surface area contributed by atoms with Gasteiger partial charge in [0.05, 0.1) is 5.25 Å². The molecule has 0 spiro atoms. The van der Waals surface area contributed by atoms with E-state index in [9.17, 15) is 0 Å². The van der Waals surface area contributed by atoms with E-state index in [1.165, 1.54) is 58.2 Å². The Morgan fingerprint density at radius 1 is 1.00 bits per heavy atom. The largest absolute Gasteiger partial charge is 0.412 e. The molecule has 1 saturated carbocycles. The van der Waals surface area contributed by atoms with E-state index in [4.69, 9.17) is 23.2 Å². The zero-order valence-corrected chi connectivity index (χ0v) is 30.9. The fraction of sp³-hybridized carbons (Fsp3) is 0.938. The molecule has 282 valence electrons. The first-order valence-electron chi connectivity index (χ1n) is 15.8. The molecule has 15 N–H and O–H groups in total. The maximum atomic E-state index is 6.58. The van der Waals surface area contributed by atoms with Gasteiger partial charge in [-0.3, -0.25) is 4.72 Å². The van der Waals surface area contributed by atoms with Gasteiger partial charge in [0.25, 0.3) is 0 Å². The van der Waals surface area contributed by atoms with Gasteiger partial charge in [0.2, 0.25) is 0 Å². The summed E-state index contributed by atoms with van der Waals surface area (Å²) in [7, 11) is 2.03. The standard InChI is InChI=1S/C31H57Cl2N5S.CH4.6H2O/c1-21(2)28(19-38-15-14-27(31(4,5)20-38)25-10-12-26(32)13-11-25)34-17-23-8-7-9-24(16-23)18-35-39-29-22(3)36-37(6)30(29)33;;;;;;;/h10,21-24,26-30,34-36H,7-9,11-20H2,1-6H3;1H4;6*1H2/t22?,23?,24?,26?,27-,28+,29?,30?;;;;;;;/m1......./s1. The van der Waals surface area contributed by atoms with Gasteiger partial charge in [0, 0.05) is 44.1 Å². The Balaban J connectivity index is -0.00000126. The van der Waals surface area contributed by atoms with Crippen molar-refractivity contribution in [1.29, 1.82) is 0 Å². The summed E-state index contributed by atoms with van der Waals surface area (Å²) in [6.07, 6.45) is 12.6. The molecule has 14 heteroatoms. The first-order valence-corrected chi connectivity index (χ1v) is 17.6.